The van der Waals surface area contributed by atoms with Crippen LogP contribution in [0.15, 0.2) is 12.1 Å². The predicted molar refractivity (Wildman–Crippen MR) is 65.1 cm³/mol. The van der Waals surface area contributed by atoms with Crippen LogP contribution < -0.4 is 9.47 Å². The molecule has 88 valence electrons. The molecule has 0 saturated heterocycles. The molecule has 0 saturated carbocycles. The van der Waals surface area contributed by atoms with Crippen LogP contribution in [0.4, 0.5) is 0 Å². The van der Waals surface area contributed by atoms with Crippen LogP contribution in [0.2, 0.25) is 5.02 Å². The molecule has 0 aliphatic rings. The van der Waals surface area contributed by atoms with E-state index in [0.29, 0.717) is 27.9 Å². The van der Waals surface area contributed by atoms with Crippen LogP contribution in [0, 0.1) is 5.41 Å². The molecular weight excluding hydrogens is 228 g/mol. The molecule has 1 N–H and O–H groups in total. The highest BCUT2D eigenvalue weighted by Crippen LogP contribution is 2.36. The monoisotopic (exact) mass is 242 g/mol. The number of hydrogen-bond donors (Lipinski definition) is 1. The van der Waals surface area contributed by atoms with Crippen molar-refractivity contribution in [1.82, 2.24) is 4.90 Å². The highest BCUT2D eigenvalue weighted by Gasteiger charge is 2.13. The van der Waals surface area contributed by atoms with Crippen LogP contribution in [0.1, 0.15) is 5.56 Å². The number of halogens is 1. The van der Waals surface area contributed by atoms with E-state index in [0.717, 1.165) is 0 Å². The lowest BCUT2D eigenvalue weighted by atomic mass is 10.1. The van der Waals surface area contributed by atoms with E-state index < -0.39 is 0 Å². The Kier molecular flexibility index (Phi) is 4.01. The van der Waals surface area contributed by atoms with Crippen LogP contribution in [-0.2, 0) is 0 Å². The first-order valence-electron chi connectivity index (χ1n) is 4.69. The molecule has 1 aromatic rings. The van der Waals surface area contributed by atoms with Gasteiger partial charge in [-0.3, -0.25) is 5.41 Å². The molecule has 1 aromatic carbocycles. The van der Waals surface area contributed by atoms with Crippen molar-refractivity contribution in [1.29, 1.82) is 5.41 Å². The first-order chi connectivity index (χ1) is 7.51. The fourth-order valence-corrected chi connectivity index (χ4v) is 1.60. The van der Waals surface area contributed by atoms with Gasteiger partial charge in [-0.25, -0.2) is 0 Å². The maximum atomic E-state index is 7.85. The van der Waals surface area contributed by atoms with Gasteiger partial charge in [0.25, 0.3) is 0 Å². The number of hydrogen-bond acceptors (Lipinski definition) is 3. The summed E-state index contributed by atoms with van der Waals surface area (Å²) in [6, 6.07) is 3.41. The van der Waals surface area contributed by atoms with Crippen LogP contribution >= 0.6 is 11.6 Å². The maximum Gasteiger partial charge on any atom is 0.179 e. The molecule has 16 heavy (non-hydrogen) atoms. The summed E-state index contributed by atoms with van der Waals surface area (Å²) < 4.78 is 10.3. The van der Waals surface area contributed by atoms with Gasteiger partial charge >= 0.3 is 0 Å². The second kappa shape index (κ2) is 5.07. The van der Waals surface area contributed by atoms with Crippen LogP contribution in [0.3, 0.4) is 0 Å². The topological polar surface area (TPSA) is 45.5 Å². The Labute approximate surface area is 100 Å². The van der Waals surface area contributed by atoms with Gasteiger partial charge in [-0.15, -0.1) is 0 Å². The number of benzene rings is 1. The fraction of sp³-hybridized carbons (Fsp3) is 0.364. The van der Waals surface area contributed by atoms with Crippen LogP contribution in [-0.4, -0.2) is 39.1 Å². The molecule has 5 heteroatoms. The van der Waals surface area contributed by atoms with Gasteiger partial charge in [0.05, 0.1) is 19.2 Å². The smallest absolute Gasteiger partial charge is 0.179 e. The van der Waals surface area contributed by atoms with Crippen LogP contribution in [0.25, 0.3) is 0 Å². The standard InChI is InChI=1S/C11H15ClN2O2/c1-14(2)11(13)7-5-8(12)10(16-4)9(6-7)15-3/h5-6,13H,1-4H3. The molecular formula is C11H15ClN2O2. The number of amidine groups is 1. The van der Waals surface area contributed by atoms with E-state index in [9.17, 15) is 0 Å². The molecule has 0 aliphatic carbocycles. The van der Waals surface area contributed by atoms with Crippen molar-refractivity contribution in [2.75, 3.05) is 28.3 Å². The van der Waals surface area contributed by atoms with E-state index in [1.165, 1.54) is 14.2 Å². The molecule has 0 atom stereocenters. The zero-order valence-corrected chi connectivity index (χ0v) is 10.6. The van der Waals surface area contributed by atoms with E-state index in [4.69, 9.17) is 26.5 Å². The lowest BCUT2D eigenvalue weighted by molar-refractivity contribution is 0.355. The molecule has 0 heterocycles. The normalized spacial score (nSPS) is 9.81. The van der Waals surface area contributed by atoms with E-state index in [1.54, 1.807) is 31.1 Å². The molecule has 0 aliphatic heterocycles. The van der Waals surface area contributed by atoms with Gasteiger partial charge in [0, 0.05) is 19.7 Å². The Bertz CT molecular complexity index is 405. The summed E-state index contributed by atoms with van der Waals surface area (Å²) in [5.41, 5.74) is 0.688. The quantitative estimate of drug-likeness (QED) is 0.653. The highest BCUT2D eigenvalue weighted by molar-refractivity contribution is 6.32. The largest absolute Gasteiger partial charge is 0.493 e. The van der Waals surface area contributed by atoms with E-state index >= 15 is 0 Å². The van der Waals surface area contributed by atoms with Crippen molar-refractivity contribution in [3.8, 4) is 11.5 Å². The summed E-state index contributed by atoms with van der Waals surface area (Å²) in [6.45, 7) is 0. The summed E-state index contributed by atoms with van der Waals surface area (Å²) >= 11 is 6.04. The van der Waals surface area contributed by atoms with Gasteiger partial charge in [0.2, 0.25) is 0 Å². The Hall–Kier alpha value is -1.42. The molecule has 0 aromatic heterocycles. The van der Waals surface area contributed by atoms with Gasteiger partial charge in [0.15, 0.2) is 11.5 Å². The lowest BCUT2D eigenvalue weighted by Gasteiger charge is -2.16. The average Bonchev–Trinajstić information content (AvgIpc) is 2.26. The summed E-state index contributed by atoms with van der Waals surface area (Å²) in [4.78, 5) is 1.69. The van der Waals surface area contributed by atoms with Crippen molar-refractivity contribution in [3.63, 3.8) is 0 Å². The van der Waals surface area contributed by atoms with E-state index in [-0.39, 0.29) is 0 Å². The summed E-state index contributed by atoms with van der Waals surface area (Å²) in [5, 5.41) is 8.29. The molecule has 4 nitrogen and oxygen atoms in total. The van der Waals surface area contributed by atoms with Crippen molar-refractivity contribution < 1.29 is 9.47 Å². The minimum Gasteiger partial charge on any atom is -0.493 e. The minimum atomic E-state index is 0.364. The average molecular weight is 243 g/mol. The van der Waals surface area contributed by atoms with E-state index in [2.05, 4.69) is 0 Å². The highest BCUT2D eigenvalue weighted by atomic mass is 35.5. The SMILES string of the molecule is COc1cc(C(=N)N(C)C)cc(Cl)c1OC. The zero-order chi connectivity index (χ0) is 12.3. The van der Waals surface area contributed by atoms with Gasteiger partial charge in [0.1, 0.15) is 5.84 Å². The second-order valence-corrected chi connectivity index (χ2v) is 3.84. The van der Waals surface area contributed by atoms with Crippen molar-refractivity contribution in [3.05, 3.63) is 22.7 Å². The Morgan fingerprint density at radius 2 is 1.88 bits per heavy atom. The van der Waals surface area contributed by atoms with Crippen LogP contribution in [0.5, 0.6) is 11.5 Å². The third kappa shape index (κ3) is 2.39. The van der Waals surface area contributed by atoms with Gasteiger partial charge in [-0.2, -0.15) is 0 Å². The molecule has 1 rings (SSSR count). The van der Waals surface area contributed by atoms with Gasteiger partial charge in [-0.05, 0) is 12.1 Å². The predicted octanol–water partition coefficient (Wildman–Crippen LogP) is 2.24. The Morgan fingerprint density at radius 1 is 1.25 bits per heavy atom. The number of methoxy groups -OCH3 is 2. The molecule has 0 amide bonds. The number of rotatable bonds is 3. The van der Waals surface area contributed by atoms with Crippen molar-refractivity contribution in [2.24, 2.45) is 0 Å². The number of ether oxygens (including phenoxy) is 2. The van der Waals surface area contributed by atoms with E-state index in [1.807, 2.05) is 0 Å². The molecule has 0 spiro atoms. The zero-order valence-electron chi connectivity index (χ0n) is 9.80. The minimum absolute atomic E-state index is 0.364. The first kappa shape index (κ1) is 12.6. The van der Waals surface area contributed by atoms with Crippen molar-refractivity contribution in [2.45, 2.75) is 0 Å². The lowest BCUT2D eigenvalue weighted by Crippen LogP contribution is -2.21. The summed E-state index contributed by atoms with van der Waals surface area (Å²) in [7, 11) is 6.66. The molecule has 0 fully saturated rings. The number of nitrogens with one attached hydrogen (secondary N) is 1. The van der Waals surface area contributed by atoms with Gasteiger partial charge < -0.3 is 14.4 Å². The molecule has 0 radical (unpaired) electrons. The fourth-order valence-electron chi connectivity index (χ4n) is 1.31. The first-order valence-corrected chi connectivity index (χ1v) is 5.06. The number of nitrogens with zero attached hydrogens (tertiary/aromatic N) is 1. The molecule has 0 bridgehead atoms. The summed E-state index contributed by atoms with van der Waals surface area (Å²) in [5.74, 6) is 1.37. The Balaban J connectivity index is 3.25. The molecule has 0 unspecified atom stereocenters. The third-order valence-corrected chi connectivity index (χ3v) is 2.43. The van der Waals surface area contributed by atoms with Crippen molar-refractivity contribution >= 4 is 17.4 Å². The summed E-state index contributed by atoms with van der Waals surface area (Å²) in [6.07, 6.45) is 0. The second-order valence-electron chi connectivity index (χ2n) is 3.44. The van der Waals surface area contributed by atoms with Gasteiger partial charge in [-0.1, -0.05) is 11.6 Å². The Morgan fingerprint density at radius 3 is 2.31 bits per heavy atom. The maximum absolute atomic E-state index is 7.85. The third-order valence-electron chi connectivity index (χ3n) is 2.15.